The first-order chi connectivity index (χ1) is 10.9. The van der Waals surface area contributed by atoms with Gasteiger partial charge in [0.25, 0.3) is 5.22 Å². The molecule has 4 rings (SSSR count). The van der Waals surface area contributed by atoms with Gasteiger partial charge in [-0.1, -0.05) is 36.0 Å². The van der Waals surface area contributed by atoms with E-state index in [0.717, 1.165) is 28.4 Å². The first-order valence-electron chi connectivity index (χ1n) is 6.79. The van der Waals surface area contributed by atoms with Gasteiger partial charge in [0.1, 0.15) is 0 Å². The Balaban J connectivity index is 1.45. The molecule has 5 nitrogen and oxygen atoms in total. The van der Waals surface area contributed by atoms with Crippen molar-refractivity contribution in [1.29, 1.82) is 0 Å². The zero-order valence-corrected chi connectivity index (χ0v) is 12.4. The number of thioether (sulfide) groups is 1. The molecule has 0 aliphatic carbocycles. The van der Waals surface area contributed by atoms with E-state index >= 15 is 0 Å². The van der Waals surface area contributed by atoms with Gasteiger partial charge in [-0.25, -0.2) is 0 Å². The number of fused-ring (bicyclic) bond motifs is 1. The summed E-state index contributed by atoms with van der Waals surface area (Å²) in [7, 11) is 0. The highest BCUT2D eigenvalue weighted by Gasteiger charge is 2.14. The maximum absolute atomic E-state index is 5.67. The molecule has 110 valence electrons. The number of rotatable bonds is 4. The smallest absolute Gasteiger partial charge is 0.277 e. The number of ether oxygens (including phenoxy) is 2. The van der Waals surface area contributed by atoms with Gasteiger partial charge in [-0.2, -0.15) is 0 Å². The number of benzene rings is 2. The molecule has 0 bridgehead atoms. The molecule has 2 aromatic carbocycles. The van der Waals surface area contributed by atoms with E-state index < -0.39 is 0 Å². The summed E-state index contributed by atoms with van der Waals surface area (Å²) in [5, 5.41) is 8.70. The molecule has 0 N–H and O–H groups in total. The van der Waals surface area contributed by atoms with Crippen LogP contribution in [-0.2, 0) is 5.75 Å². The summed E-state index contributed by atoms with van der Waals surface area (Å²) < 4.78 is 16.3. The molecule has 3 aromatic rings. The maximum atomic E-state index is 5.67. The normalized spacial score (nSPS) is 12.5. The first-order valence-corrected chi connectivity index (χ1v) is 7.77. The third kappa shape index (κ3) is 2.65. The van der Waals surface area contributed by atoms with Crippen molar-refractivity contribution in [1.82, 2.24) is 10.2 Å². The van der Waals surface area contributed by atoms with Gasteiger partial charge < -0.3 is 13.9 Å². The zero-order valence-electron chi connectivity index (χ0n) is 11.6. The van der Waals surface area contributed by atoms with Crippen LogP contribution >= 0.6 is 11.8 Å². The molecule has 6 heteroatoms. The highest BCUT2D eigenvalue weighted by atomic mass is 32.2. The van der Waals surface area contributed by atoms with Gasteiger partial charge in [0.05, 0.1) is 0 Å². The van der Waals surface area contributed by atoms with E-state index in [2.05, 4.69) is 10.2 Å². The second kappa shape index (κ2) is 5.73. The number of hydrogen-bond donors (Lipinski definition) is 0. The third-order valence-electron chi connectivity index (χ3n) is 3.23. The summed E-state index contributed by atoms with van der Waals surface area (Å²) in [5.41, 5.74) is 2.04. The van der Waals surface area contributed by atoms with E-state index in [1.807, 2.05) is 48.5 Å². The van der Waals surface area contributed by atoms with Crippen LogP contribution in [0.4, 0.5) is 0 Å². The Morgan fingerprint density at radius 3 is 2.73 bits per heavy atom. The minimum absolute atomic E-state index is 0.288. The number of aromatic nitrogens is 2. The largest absolute Gasteiger partial charge is 0.454 e. The summed E-state index contributed by atoms with van der Waals surface area (Å²) >= 11 is 1.50. The van der Waals surface area contributed by atoms with Gasteiger partial charge in [-0.3, -0.25) is 0 Å². The Hall–Kier alpha value is -2.47. The van der Waals surface area contributed by atoms with Crippen LogP contribution < -0.4 is 9.47 Å². The predicted molar refractivity (Wildman–Crippen MR) is 81.9 cm³/mol. The van der Waals surface area contributed by atoms with Crippen LogP contribution in [0.2, 0.25) is 0 Å². The molecule has 0 saturated heterocycles. The van der Waals surface area contributed by atoms with Crippen molar-refractivity contribution < 1.29 is 13.9 Å². The highest BCUT2D eigenvalue weighted by molar-refractivity contribution is 7.98. The Bertz CT molecular complexity index is 789. The van der Waals surface area contributed by atoms with Crippen molar-refractivity contribution >= 4 is 11.8 Å². The molecule has 2 heterocycles. The molecule has 0 amide bonds. The Morgan fingerprint density at radius 1 is 0.955 bits per heavy atom. The van der Waals surface area contributed by atoms with Crippen LogP contribution in [0.25, 0.3) is 11.5 Å². The fourth-order valence-corrected chi connectivity index (χ4v) is 2.85. The lowest BCUT2D eigenvalue weighted by atomic mass is 10.2. The van der Waals surface area contributed by atoms with E-state index in [9.17, 15) is 0 Å². The van der Waals surface area contributed by atoms with Crippen LogP contribution in [-0.4, -0.2) is 17.0 Å². The highest BCUT2D eigenvalue weighted by Crippen LogP contribution is 2.34. The Morgan fingerprint density at radius 2 is 1.82 bits per heavy atom. The summed E-state index contributed by atoms with van der Waals surface area (Å²) in [5.74, 6) is 2.84. The van der Waals surface area contributed by atoms with Crippen LogP contribution in [0.5, 0.6) is 11.5 Å². The van der Waals surface area contributed by atoms with Crippen molar-refractivity contribution in [2.45, 2.75) is 11.0 Å². The lowest BCUT2D eigenvalue weighted by Gasteiger charge is -2.00. The van der Waals surface area contributed by atoms with Gasteiger partial charge in [-0.15, -0.1) is 10.2 Å². The van der Waals surface area contributed by atoms with E-state index in [1.54, 1.807) is 0 Å². The molecular weight excluding hydrogens is 300 g/mol. The second-order valence-corrected chi connectivity index (χ2v) is 5.64. The fourth-order valence-electron chi connectivity index (χ4n) is 2.14. The summed E-state index contributed by atoms with van der Waals surface area (Å²) in [6.07, 6.45) is 0. The molecule has 0 unspecified atom stereocenters. The van der Waals surface area contributed by atoms with Crippen LogP contribution in [0, 0.1) is 0 Å². The molecule has 0 spiro atoms. The number of hydrogen-bond acceptors (Lipinski definition) is 6. The van der Waals surface area contributed by atoms with Crippen LogP contribution in [0.3, 0.4) is 0 Å². The van der Waals surface area contributed by atoms with Crippen LogP contribution in [0.15, 0.2) is 58.2 Å². The van der Waals surface area contributed by atoms with E-state index in [4.69, 9.17) is 13.9 Å². The standard InChI is InChI=1S/C16H12N2O3S/c1-2-4-12(5-3-1)15-17-18-16(21-15)22-9-11-6-7-13-14(8-11)20-10-19-13/h1-8H,9-10H2. The Kier molecular flexibility index (Phi) is 3.44. The molecule has 1 aromatic heterocycles. The first kappa shape index (κ1) is 13.2. The average molecular weight is 312 g/mol. The van der Waals surface area contributed by atoms with E-state index in [1.165, 1.54) is 11.8 Å². The molecule has 22 heavy (non-hydrogen) atoms. The lowest BCUT2D eigenvalue weighted by Crippen LogP contribution is -1.92. The molecule has 0 fully saturated rings. The van der Waals surface area contributed by atoms with Crippen LogP contribution in [0.1, 0.15) is 5.56 Å². The predicted octanol–water partition coefficient (Wildman–Crippen LogP) is 3.76. The quantitative estimate of drug-likeness (QED) is 0.684. The minimum atomic E-state index is 0.288. The maximum Gasteiger partial charge on any atom is 0.277 e. The average Bonchev–Trinajstić information content (AvgIpc) is 3.22. The zero-order chi connectivity index (χ0) is 14.8. The monoisotopic (exact) mass is 312 g/mol. The van der Waals surface area contributed by atoms with Crippen molar-refractivity contribution in [3.63, 3.8) is 0 Å². The van der Waals surface area contributed by atoms with Crippen molar-refractivity contribution in [3.05, 3.63) is 54.1 Å². The lowest BCUT2D eigenvalue weighted by molar-refractivity contribution is 0.174. The van der Waals surface area contributed by atoms with Gasteiger partial charge in [0, 0.05) is 11.3 Å². The van der Waals surface area contributed by atoms with Gasteiger partial charge >= 0.3 is 0 Å². The molecule has 1 aliphatic rings. The topological polar surface area (TPSA) is 57.4 Å². The van der Waals surface area contributed by atoms with E-state index in [-0.39, 0.29) is 6.79 Å². The van der Waals surface area contributed by atoms with Crippen molar-refractivity contribution in [2.24, 2.45) is 0 Å². The van der Waals surface area contributed by atoms with E-state index in [0.29, 0.717) is 11.1 Å². The SMILES string of the molecule is c1ccc(-c2nnc(SCc3ccc4c(c3)OCO4)o2)cc1. The molecule has 0 atom stereocenters. The Labute approximate surface area is 131 Å². The van der Waals surface area contributed by atoms with Gasteiger partial charge in [0.15, 0.2) is 11.5 Å². The second-order valence-electron chi connectivity index (χ2n) is 4.72. The summed E-state index contributed by atoms with van der Waals surface area (Å²) in [4.78, 5) is 0. The van der Waals surface area contributed by atoms with Gasteiger partial charge in [0.2, 0.25) is 12.7 Å². The number of nitrogens with zero attached hydrogens (tertiary/aromatic N) is 2. The minimum Gasteiger partial charge on any atom is -0.454 e. The molecule has 1 aliphatic heterocycles. The van der Waals surface area contributed by atoms with Crippen molar-refractivity contribution in [2.75, 3.05) is 6.79 Å². The summed E-state index contributed by atoms with van der Waals surface area (Å²) in [6.45, 7) is 0.288. The third-order valence-corrected chi connectivity index (χ3v) is 4.12. The molecule has 0 saturated carbocycles. The molecular formula is C16H12N2O3S. The summed E-state index contributed by atoms with van der Waals surface area (Å²) in [6, 6.07) is 15.6. The fraction of sp³-hybridized carbons (Fsp3) is 0.125. The van der Waals surface area contributed by atoms with Crippen molar-refractivity contribution in [3.8, 4) is 23.0 Å². The van der Waals surface area contributed by atoms with Gasteiger partial charge in [-0.05, 0) is 29.8 Å². The molecule has 0 radical (unpaired) electrons.